The molecule has 0 spiro atoms. The van der Waals surface area contributed by atoms with Crippen molar-refractivity contribution in [3.63, 3.8) is 0 Å². The number of carboxylic acid groups (broad SMARTS) is 1. The molecule has 0 fully saturated rings. The van der Waals surface area contributed by atoms with E-state index in [2.05, 4.69) is 0 Å². The van der Waals surface area contributed by atoms with Crippen LogP contribution in [0.4, 0.5) is 0 Å². The van der Waals surface area contributed by atoms with Gasteiger partial charge in [0.15, 0.2) is 0 Å². The molecule has 84 valence electrons. The van der Waals surface area contributed by atoms with Crippen LogP contribution in [-0.2, 0) is 19.1 Å². The lowest BCUT2D eigenvalue weighted by Crippen LogP contribution is -2.18. The zero-order valence-corrected chi connectivity index (χ0v) is 9.07. The van der Waals surface area contributed by atoms with Crippen molar-refractivity contribution in [3.8, 4) is 0 Å². The van der Waals surface area contributed by atoms with Crippen LogP contribution in [0, 0.1) is 0 Å². The maximum Gasteiger partial charge on any atom is 0.302 e. The van der Waals surface area contributed by atoms with Gasteiger partial charge in [0.2, 0.25) is 0 Å². The largest absolute Gasteiger partial charge is 0.481 e. The topological polar surface area (TPSA) is 72.8 Å². The summed E-state index contributed by atoms with van der Waals surface area (Å²) in [5.74, 6) is -1.09. The summed E-state index contributed by atoms with van der Waals surface area (Å²) >= 11 is 0. The molecule has 0 aromatic heterocycles. The van der Waals surface area contributed by atoms with E-state index in [0.717, 1.165) is 6.92 Å². The van der Waals surface area contributed by atoms with E-state index in [1.54, 1.807) is 6.92 Å². The SMILES string of the molecule is CC(=O)O.CCOCC(C)OC(C)=O. The smallest absolute Gasteiger partial charge is 0.302 e. The van der Waals surface area contributed by atoms with Crippen LogP contribution in [0.1, 0.15) is 27.7 Å². The summed E-state index contributed by atoms with van der Waals surface area (Å²) in [6, 6.07) is 0. The first-order chi connectivity index (χ1) is 6.40. The van der Waals surface area contributed by atoms with Crippen LogP contribution in [-0.4, -0.2) is 36.4 Å². The molecule has 0 aliphatic rings. The minimum atomic E-state index is -0.833. The molecule has 0 saturated heterocycles. The van der Waals surface area contributed by atoms with Gasteiger partial charge >= 0.3 is 5.97 Å². The standard InChI is InChI=1S/C7H14O3.C2H4O2/c1-4-9-5-6(2)10-7(3)8;1-2(3)4/h6H,4-5H2,1-3H3;1H3,(H,3,4). The van der Waals surface area contributed by atoms with Crippen molar-refractivity contribution in [2.75, 3.05) is 13.2 Å². The lowest BCUT2D eigenvalue weighted by Gasteiger charge is -2.10. The molecule has 0 heterocycles. The predicted octanol–water partition coefficient (Wildman–Crippen LogP) is 1.07. The van der Waals surface area contributed by atoms with Crippen LogP contribution in [0.3, 0.4) is 0 Å². The molecule has 1 unspecified atom stereocenters. The van der Waals surface area contributed by atoms with Crippen molar-refractivity contribution in [1.29, 1.82) is 0 Å². The Morgan fingerprint density at radius 3 is 2.07 bits per heavy atom. The molecule has 0 aromatic carbocycles. The number of esters is 1. The molecule has 0 aromatic rings. The van der Waals surface area contributed by atoms with E-state index in [0.29, 0.717) is 13.2 Å². The quantitative estimate of drug-likeness (QED) is 0.696. The number of aliphatic carboxylic acids is 1. The van der Waals surface area contributed by atoms with E-state index < -0.39 is 5.97 Å². The zero-order valence-electron chi connectivity index (χ0n) is 9.07. The average molecular weight is 206 g/mol. The second kappa shape index (κ2) is 9.98. The molecule has 0 aliphatic heterocycles. The Bertz CT molecular complexity index is 163. The average Bonchev–Trinajstić information content (AvgIpc) is 1.98. The molecule has 0 amide bonds. The summed E-state index contributed by atoms with van der Waals surface area (Å²) in [6.07, 6.45) is -0.127. The summed E-state index contributed by atoms with van der Waals surface area (Å²) in [6.45, 7) is 7.32. The van der Waals surface area contributed by atoms with E-state index in [-0.39, 0.29) is 12.1 Å². The van der Waals surface area contributed by atoms with Crippen molar-refractivity contribution in [2.24, 2.45) is 0 Å². The Balaban J connectivity index is 0. The molecule has 0 rings (SSSR count). The van der Waals surface area contributed by atoms with Crippen LogP contribution < -0.4 is 0 Å². The highest BCUT2D eigenvalue weighted by atomic mass is 16.6. The zero-order chi connectivity index (χ0) is 11.6. The molecule has 0 saturated carbocycles. The second-order valence-corrected chi connectivity index (χ2v) is 2.60. The maximum atomic E-state index is 10.3. The van der Waals surface area contributed by atoms with Crippen molar-refractivity contribution < 1.29 is 24.2 Å². The highest BCUT2D eigenvalue weighted by Gasteiger charge is 2.03. The van der Waals surface area contributed by atoms with Gasteiger partial charge in [0, 0.05) is 20.5 Å². The van der Waals surface area contributed by atoms with E-state index in [1.807, 2.05) is 6.92 Å². The Morgan fingerprint density at radius 1 is 1.36 bits per heavy atom. The third-order valence-corrected chi connectivity index (χ3v) is 0.924. The molecule has 5 heteroatoms. The number of carbonyl (C=O) groups excluding carboxylic acids is 1. The summed E-state index contributed by atoms with van der Waals surface area (Å²) in [4.78, 5) is 19.3. The maximum absolute atomic E-state index is 10.3. The van der Waals surface area contributed by atoms with Gasteiger partial charge in [-0.05, 0) is 13.8 Å². The van der Waals surface area contributed by atoms with Crippen LogP contribution in [0.15, 0.2) is 0 Å². The first-order valence-corrected chi connectivity index (χ1v) is 4.34. The second-order valence-electron chi connectivity index (χ2n) is 2.60. The molecule has 0 radical (unpaired) electrons. The number of ether oxygens (including phenoxy) is 2. The Morgan fingerprint density at radius 2 is 1.79 bits per heavy atom. The molecule has 0 aliphatic carbocycles. The molecule has 5 nitrogen and oxygen atoms in total. The van der Waals surface area contributed by atoms with Gasteiger partial charge in [-0.15, -0.1) is 0 Å². The lowest BCUT2D eigenvalue weighted by atomic mass is 10.4. The molecule has 14 heavy (non-hydrogen) atoms. The number of carbonyl (C=O) groups is 2. The fourth-order valence-corrected chi connectivity index (χ4v) is 0.601. The van der Waals surface area contributed by atoms with E-state index >= 15 is 0 Å². The fourth-order valence-electron chi connectivity index (χ4n) is 0.601. The van der Waals surface area contributed by atoms with E-state index in [9.17, 15) is 4.79 Å². The predicted molar refractivity (Wildman–Crippen MR) is 51.0 cm³/mol. The first-order valence-electron chi connectivity index (χ1n) is 4.34. The third-order valence-electron chi connectivity index (χ3n) is 0.924. The van der Waals surface area contributed by atoms with Gasteiger partial charge in [-0.1, -0.05) is 0 Å². The van der Waals surface area contributed by atoms with Gasteiger partial charge in [0.1, 0.15) is 6.10 Å². The van der Waals surface area contributed by atoms with Gasteiger partial charge in [0.25, 0.3) is 5.97 Å². The minimum Gasteiger partial charge on any atom is -0.481 e. The normalized spacial score (nSPS) is 10.9. The van der Waals surface area contributed by atoms with Gasteiger partial charge in [-0.3, -0.25) is 9.59 Å². The van der Waals surface area contributed by atoms with Crippen molar-refractivity contribution in [1.82, 2.24) is 0 Å². The first kappa shape index (κ1) is 15.4. The van der Waals surface area contributed by atoms with Crippen LogP contribution in [0.25, 0.3) is 0 Å². The molecule has 1 N–H and O–H groups in total. The Kier molecular flexibility index (Phi) is 11.0. The van der Waals surface area contributed by atoms with E-state index in [1.165, 1.54) is 6.92 Å². The molecule has 0 bridgehead atoms. The van der Waals surface area contributed by atoms with Gasteiger partial charge < -0.3 is 14.6 Å². The van der Waals surface area contributed by atoms with Gasteiger partial charge in [-0.25, -0.2) is 0 Å². The van der Waals surface area contributed by atoms with Crippen molar-refractivity contribution in [3.05, 3.63) is 0 Å². The van der Waals surface area contributed by atoms with Crippen molar-refractivity contribution in [2.45, 2.75) is 33.8 Å². The molecular formula is C9H18O5. The van der Waals surface area contributed by atoms with Crippen LogP contribution >= 0.6 is 0 Å². The van der Waals surface area contributed by atoms with Crippen LogP contribution in [0.2, 0.25) is 0 Å². The van der Waals surface area contributed by atoms with Crippen molar-refractivity contribution >= 4 is 11.9 Å². The summed E-state index contributed by atoms with van der Waals surface area (Å²) in [5, 5.41) is 7.42. The molecular weight excluding hydrogens is 188 g/mol. The van der Waals surface area contributed by atoms with Crippen LogP contribution in [0.5, 0.6) is 0 Å². The highest BCUT2D eigenvalue weighted by molar-refractivity contribution is 5.66. The minimum absolute atomic E-state index is 0.127. The Hall–Kier alpha value is -1.10. The highest BCUT2D eigenvalue weighted by Crippen LogP contribution is 1.91. The summed E-state index contributed by atoms with van der Waals surface area (Å²) < 4.78 is 9.81. The Labute approximate surface area is 84.0 Å². The number of hydrogen-bond donors (Lipinski definition) is 1. The van der Waals surface area contributed by atoms with E-state index in [4.69, 9.17) is 19.4 Å². The summed E-state index contributed by atoms with van der Waals surface area (Å²) in [5.41, 5.74) is 0. The lowest BCUT2D eigenvalue weighted by molar-refractivity contribution is -0.148. The number of carboxylic acids is 1. The fraction of sp³-hybridized carbons (Fsp3) is 0.778. The van der Waals surface area contributed by atoms with Gasteiger partial charge in [-0.2, -0.15) is 0 Å². The van der Waals surface area contributed by atoms with Gasteiger partial charge in [0.05, 0.1) is 6.61 Å². The summed E-state index contributed by atoms with van der Waals surface area (Å²) in [7, 11) is 0. The number of hydrogen-bond acceptors (Lipinski definition) is 4. The molecule has 1 atom stereocenters. The number of rotatable bonds is 4. The monoisotopic (exact) mass is 206 g/mol. The third kappa shape index (κ3) is 22.4.